The van der Waals surface area contributed by atoms with Crippen LogP contribution in [0.2, 0.25) is 0 Å². The van der Waals surface area contributed by atoms with Crippen molar-refractivity contribution in [1.82, 2.24) is 20.3 Å². The molecule has 1 amide bonds. The summed E-state index contributed by atoms with van der Waals surface area (Å²) in [5.41, 5.74) is 8.02. The summed E-state index contributed by atoms with van der Waals surface area (Å²) >= 11 is 0. The van der Waals surface area contributed by atoms with E-state index in [1.54, 1.807) is 17.0 Å². The second-order valence-electron chi connectivity index (χ2n) is 11.2. The Bertz CT molecular complexity index is 1790. The predicted octanol–water partition coefficient (Wildman–Crippen LogP) is 3.55. The number of anilines is 2. The van der Waals surface area contributed by atoms with E-state index in [4.69, 9.17) is 14.7 Å². The minimum atomic E-state index is -3.91. The summed E-state index contributed by atoms with van der Waals surface area (Å²) in [6.45, 7) is 0.157. The number of rotatable bonds is 6. The molecule has 1 atom stereocenters. The molecule has 2 N–H and O–H groups in total. The van der Waals surface area contributed by atoms with Crippen molar-refractivity contribution in [3.63, 3.8) is 0 Å². The minimum Gasteiger partial charge on any atom is -0.403 e. The summed E-state index contributed by atoms with van der Waals surface area (Å²) in [5.74, 6) is -2.34. The summed E-state index contributed by atoms with van der Waals surface area (Å²) in [6.07, 6.45) is 1.44. The van der Waals surface area contributed by atoms with Crippen molar-refractivity contribution >= 4 is 27.4 Å². The molecular weight excluding hydrogens is 584 g/mol. The predicted molar refractivity (Wildman–Crippen MR) is 149 cm³/mol. The number of piperidine rings is 1. The molecular formula is C28H27F2N7O5S. The summed E-state index contributed by atoms with van der Waals surface area (Å²) in [6, 6.07) is 10.4. The van der Waals surface area contributed by atoms with Crippen LogP contribution >= 0.6 is 0 Å². The van der Waals surface area contributed by atoms with Crippen molar-refractivity contribution in [3.8, 4) is 22.8 Å². The Kier molecular flexibility index (Phi) is 6.54. The molecule has 7 rings (SSSR count). The van der Waals surface area contributed by atoms with Gasteiger partial charge in [-0.05, 0) is 36.6 Å². The number of hydrogen-bond donors (Lipinski definition) is 1. The number of alkyl halides is 2. The van der Waals surface area contributed by atoms with Crippen LogP contribution in [0.5, 0.6) is 0 Å². The van der Waals surface area contributed by atoms with Gasteiger partial charge in [-0.25, -0.2) is 17.2 Å². The van der Waals surface area contributed by atoms with Crippen LogP contribution in [0.4, 0.5) is 20.5 Å². The van der Waals surface area contributed by atoms with E-state index in [2.05, 4.69) is 20.3 Å². The van der Waals surface area contributed by atoms with E-state index >= 15 is 0 Å². The lowest BCUT2D eigenvalue weighted by molar-refractivity contribution is -0.119. The molecule has 12 nitrogen and oxygen atoms in total. The molecule has 0 bridgehead atoms. The quantitative estimate of drug-likeness (QED) is 0.339. The zero-order valence-corrected chi connectivity index (χ0v) is 23.6. The topological polar surface area (TPSA) is 162 Å². The number of nitrogens with two attached hydrogens (primary N) is 1. The Morgan fingerprint density at radius 2 is 1.74 bits per heavy atom. The maximum atomic E-state index is 13.6. The van der Waals surface area contributed by atoms with E-state index in [1.807, 2.05) is 12.1 Å². The largest absolute Gasteiger partial charge is 0.403 e. The SMILES string of the molecule is N[C@H]1CS(=O)(=O)c2ccc(-c3nnc(N4CCC(F)(F)CC4)o3)cc2N(Cc2ccc(-c3noc(C4CC4)n3)cc2)C1=O. The molecule has 0 spiro atoms. The van der Waals surface area contributed by atoms with Crippen molar-refractivity contribution in [1.29, 1.82) is 0 Å². The van der Waals surface area contributed by atoms with Gasteiger partial charge in [0.05, 0.1) is 28.9 Å². The lowest BCUT2D eigenvalue weighted by Gasteiger charge is -2.30. The van der Waals surface area contributed by atoms with Gasteiger partial charge in [-0.15, -0.1) is 5.10 Å². The number of amides is 1. The Morgan fingerprint density at radius 3 is 2.47 bits per heavy atom. The second kappa shape index (κ2) is 10.2. The average molecular weight is 612 g/mol. The monoisotopic (exact) mass is 611 g/mol. The van der Waals surface area contributed by atoms with Crippen LogP contribution in [0.25, 0.3) is 22.8 Å². The Morgan fingerprint density at radius 1 is 1.02 bits per heavy atom. The standard InChI is InChI=1S/C28H27F2N7O5S/c29-28(30)9-11-36(12-10-28)27-34-33-25(41-27)19-7-8-22-21(13-19)37(26(38)20(31)15-43(22,39)40)14-16-1-3-17(4-2-16)23-32-24(42-35-23)18-5-6-18/h1-4,7-8,13,18,20H,5-6,9-12,14-15,31H2/t20-/m0/s1. The zero-order chi connectivity index (χ0) is 29.9. The van der Waals surface area contributed by atoms with Crippen LogP contribution in [0, 0.1) is 0 Å². The highest BCUT2D eigenvalue weighted by atomic mass is 32.2. The molecule has 224 valence electrons. The van der Waals surface area contributed by atoms with E-state index in [9.17, 15) is 22.0 Å². The summed E-state index contributed by atoms with van der Waals surface area (Å²) < 4.78 is 64.8. The number of hydrogen-bond acceptors (Lipinski definition) is 11. The third-order valence-corrected chi connectivity index (χ3v) is 9.73. The van der Waals surface area contributed by atoms with Crippen molar-refractivity contribution in [2.45, 2.75) is 55.0 Å². The normalized spacial score (nSPS) is 21.5. The molecule has 15 heteroatoms. The third-order valence-electron chi connectivity index (χ3n) is 7.91. The van der Waals surface area contributed by atoms with Crippen LogP contribution < -0.4 is 15.5 Å². The van der Waals surface area contributed by atoms with Gasteiger partial charge in [-0.3, -0.25) is 4.79 Å². The smallest absolute Gasteiger partial charge is 0.318 e. The van der Waals surface area contributed by atoms with E-state index in [1.165, 1.54) is 23.1 Å². The number of halogens is 2. The first-order valence-corrected chi connectivity index (χ1v) is 15.5. The highest BCUT2D eigenvalue weighted by molar-refractivity contribution is 7.91. The van der Waals surface area contributed by atoms with Crippen LogP contribution in [0.1, 0.15) is 43.1 Å². The molecule has 2 aromatic carbocycles. The van der Waals surface area contributed by atoms with Crippen LogP contribution in [-0.4, -0.2) is 65.5 Å². The number of fused-ring (bicyclic) bond motifs is 1. The Labute approximate surface area is 244 Å². The number of aromatic nitrogens is 4. The fourth-order valence-electron chi connectivity index (χ4n) is 5.28. The molecule has 0 unspecified atom stereocenters. The number of carbonyl (C=O) groups excluding carboxylic acids is 1. The third kappa shape index (κ3) is 5.38. The van der Waals surface area contributed by atoms with Crippen LogP contribution in [0.3, 0.4) is 0 Å². The van der Waals surface area contributed by atoms with Gasteiger partial charge in [0, 0.05) is 43.0 Å². The molecule has 2 aromatic heterocycles. The highest BCUT2D eigenvalue weighted by Crippen LogP contribution is 2.40. The maximum absolute atomic E-state index is 13.6. The lowest BCUT2D eigenvalue weighted by Crippen LogP contribution is -2.45. The van der Waals surface area contributed by atoms with E-state index in [-0.39, 0.29) is 55.0 Å². The van der Waals surface area contributed by atoms with Crippen LogP contribution in [-0.2, 0) is 21.2 Å². The Balaban J connectivity index is 1.19. The summed E-state index contributed by atoms with van der Waals surface area (Å²) in [5, 5.41) is 12.1. The zero-order valence-electron chi connectivity index (χ0n) is 22.8. The fraction of sp³-hybridized carbons (Fsp3) is 0.393. The van der Waals surface area contributed by atoms with Crippen molar-refractivity contribution in [2.24, 2.45) is 5.73 Å². The van der Waals surface area contributed by atoms with Gasteiger partial charge >= 0.3 is 6.01 Å². The molecule has 1 saturated heterocycles. The maximum Gasteiger partial charge on any atom is 0.318 e. The molecule has 43 heavy (non-hydrogen) atoms. The number of nitrogens with zero attached hydrogens (tertiary/aromatic N) is 6. The molecule has 4 aromatic rings. The highest BCUT2D eigenvalue weighted by Gasteiger charge is 2.38. The van der Waals surface area contributed by atoms with Gasteiger partial charge in [0.2, 0.25) is 23.5 Å². The number of carbonyl (C=O) groups is 1. The first kappa shape index (κ1) is 27.6. The molecule has 2 fully saturated rings. The van der Waals surface area contributed by atoms with Gasteiger partial charge in [0.25, 0.3) is 5.92 Å². The first-order chi connectivity index (χ1) is 20.6. The molecule has 0 radical (unpaired) electrons. The van der Waals surface area contributed by atoms with Crippen molar-refractivity contribution in [2.75, 3.05) is 28.6 Å². The van der Waals surface area contributed by atoms with Gasteiger partial charge in [0.15, 0.2) is 9.84 Å². The number of benzene rings is 2. The van der Waals surface area contributed by atoms with E-state index in [0.29, 0.717) is 28.8 Å². The number of sulfone groups is 1. The van der Waals surface area contributed by atoms with Gasteiger partial charge in [-0.1, -0.05) is 34.5 Å². The average Bonchev–Trinajstić information content (AvgIpc) is 3.52. The fourth-order valence-corrected chi connectivity index (χ4v) is 6.84. The second-order valence-corrected chi connectivity index (χ2v) is 13.2. The van der Waals surface area contributed by atoms with Crippen molar-refractivity contribution < 1.29 is 30.9 Å². The summed E-state index contributed by atoms with van der Waals surface area (Å²) in [7, 11) is -3.91. The first-order valence-electron chi connectivity index (χ1n) is 13.9. The molecule has 4 heterocycles. The lowest BCUT2D eigenvalue weighted by atomic mass is 10.1. The molecule has 1 aliphatic carbocycles. The minimum absolute atomic E-state index is 0.0371. The molecule has 3 aliphatic rings. The van der Waals surface area contributed by atoms with Gasteiger partial charge in [0.1, 0.15) is 0 Å². The molecule has 1 saturated carbocycles. The van der Waals surface area contributed by atoms with Gasteiger partial charge in [-0.2, -0.15) is 4.98 Å². The summed E-state index contributed by atoms with van der Waals surface area (Å²) in [4.78, 5) is 20.8. The van der Waals surface area contributed by atoms with Crippen molar-refractivity contribution in [3.05, 3.63) is 53.9 Å². The van der Waals surface area contributed by atoms with Gasteiger partial charge < -0.3 is 24.5 Å². The van der Waals surface area contributed by atoms with E-state index in [0.717, 1.165) is 18.4 Å². The molecule has 2 aliphatic heterocycles. The van der Waals surface area contributed by atoms with Crippen LogP contribution in [0.15, 0.2) is 56.3 Å². The Hall–Kier alpha value is -4.24. The van der Waals surface area contributed by atoms with E-state index < -0.39 is 33.5 Å².